The van der Waals surface area contributed by atoms with Crippen LogP contribution in [0, 0.1) is 6.92 Å². The molecule has 1 fully saturated rings. The third-order valence-electron chi connectivity index (χ3n) is 3.88. The number of morpholine rings is 1. The number of hydrogen-bond donors (Lipinski definition) is 1. The van der Waals surface area contributed by atoms with Crippen LogP contribution in [-0.4, -0.2) is 51.1 Å². The number of nitrogens with one attached hydrogen (secondary N) is 1. The van der Waals surface area contributed by atoms with Gasteiger partial charge in [0.25, 0.3) is 10.0 Å². The van der Waals surface area contributed by atoms with E-state index in [1.807, 2.05) is 6.92 Å². The second-order valence-electron chi connectivity index (χ2n) is 5.75. The highest BCUT2D eigenvalue weighted by Crippen LogP contribution is 2.22. The Morgan fingerprint density at radius 3 is 2.67 bits per heavy atom. The van der Waals surface area contributed by atoms with Gasteiger partial charge >= 0.3 is 0 Å². The van der Waals surface area contributed by atoms with Crippen molar-refractivity contribution in [2.45, 2.75) is 18.2 Å². The summed E-state index contributed by atoms with van der Waals surface area (Å²) >= 11 is 1.39. The number of aromatic nitrogens is 1. The summed E-state index contributed by atoms with van der Waals surface area (Å²) in [4.78, 5) is 7.86. The van der Waals surface area contributed by atoms with Crippen LogP contribution < -0.4 is 4.72 Å². The molecule has 0 aliphatic carbocycles. The summed E-state index contributed by atoms with van der Waals surface area (Å²) in [6.07, 6.45) is 2.61. The Morgan fingerprint density at radius 1 is 1.25 bits per heavy atom. The van der Waals surface area contributed by atoms with Crippen LogP contribution in [0.5, 0.6) is 0 Å². The Balaban J connectivity index is 1.59. The Kier molecular flexibility index (Phi) is 5.50. The normalized spacial score (nSPS) is 16.2. The third-order valence-corrected chi connectivity index (χ3v) is 6.34. The molecule has 2 heterocycles. The van der Waals surface area contributed by atoms with E-state index in [4.69, 9.17) is 4.74 Å². The number of hydrogen-bond acceptors (Lipinski definition) is 6. The summed E-state index contributed by atoms with van der Waals surface area (Å²) in [5.41, 5.74) is 1.02. The number of aryl methyl sites for hydroxylation is 1. The predicted molar refractivity (Wildman–Crippen MR) is 95.1 cm³/mol. The fourth-order valence-corrected chi connectivity index (χ4v) is 4.50. The molecule has 1 N–H and O–H groups in total. The zero-order valence-electron chi connectivity index (χ0n) is 13.6. The summed E-state index contributed by atoms with van der Waals surface area (Å²) in [7, 11) is -3.58. The summed E-state index contributed by atoms with van der Waals surface area (Å²) in [6, 6.07) is 6.77. The van der Waals surface area contributed by atoms with E-state index in [-0.39, 0.29) is 4.90 Å². The topological polar surface area (TPSA) is 71.5 Å². The van der Waals surface area contributed by atoms with Gasteiger partial charge < -0.3 is 4.74 Å². The second-order valence-corrected chi connectivity index (χ2v) is 8.55. The standard InChI is InChI=1S/C16H21N3O3S2/c1-13-2-4-15(5-3-13)24(20,21)18-16-17-12-14(23-16)6-7-19-8-10-22-11-9-19/h2-5,12H,6-11H2,1H3,(H,17,18). The quantitative estimate of drug-likeness (QED) is 0.847. The first-order valence-corrected chi connectivity index (χ1v) is 10.2. The number of benzene rings is 1. The van der Waals surface area contributed by atoms with Crippen LogP contribution in [0.25, 0.3) is 0 Å². The predicted octanol–water partition coefficient (Wildman–Crippen LogP) is 2.13. The minimum Gasteiger partial charge on any atom is -0.379 e. The molecular weight excluding hydrogens is 346 g/mol. The Labute approximate surface area is 146 Å². The fourth-order valence-electron chi connectivity index (χ4n) is 2.45. The molecule has 3 rings (SSSR count). The van der Waals surface area contributed by atoms with Crippen LogP contribution in [0.1, 0.15) is 10.4 Å². The molecule has 130 valence electrons. The van der Waals surface area contributed by atoms with Crippen LogP contribution in [0.4, 0.5) is 5.13 Å². The summed E-state index contributed by atoms with van der Waals surface area (Å²) in [5, 5.41) is 0.410. The highest BCUT2D eigenvalue weighted by Gasteiger charge is 2.16. The molecule has 24 heavy (non-hydrogen) atoms. The smallest absolute Gasteiger partial charge is 0.263 e. The maximum Gasteiger partial charge on any atom is 0.263 e. The van der Waals surface area contributed by atoms with E-state index in [0.717, 1.165) is 49.7 Å². The molecule has 0 unspecified atom stereocenters. The minimum atomic E-state index is -3.58. The highest BCUT2D eigenvalue weighted by atomic mass is 32.2. The summed E-state index contributed by atoms with van der Waals surface area (Å²) in [6.45, 7) is 6.33. The van der Waals surface area contributed by atoms with Gasteiger partial charge in [0.1, 0.15) is 0 Å². The van der Waals surface area contributed by atoms with Crippen molar-refractivity contribution >= 4 is 26.5 Å². The van der Waals surface area contributed by atoms with E-state index in [0.29, 0.717) is 5.13 Å². The van der Waals surface area contributed by atoms with Gasteiger partial charge in [-0.05, 0) is 25.5 Å². The lowest BCUT2D eigenvalue weighted by atomic mass is 10.2. The average Bonchev–Trinajstić information content (AvgIpc) is 3.01. The van der Waals surface area contributed by atoms with Crippen molar-refractivity contribution in [3.63, 3.8) is 0 Å². The first-order chi connectivity index (χ1) is 11.5. The molecular formula is C16H21N3O3S2. The van der Waals surface area contributed by atoms with E-state index >= 15 is 0 Å². The number of sulfonamides is 1. The number of thiazole rings is 1. The molecule has 0 bridgehead atoms. The van der Waals surface area contributed by atoms with Gasteiger partial charge in [0.15, 0.2) is 5.13 Å². The zero-order chi connectivity index (χ0) is 17.0. The SMILES string of the molecule is Cc1ccc(S(=O)(=O)Nc2ncc(CCN3CCOCC3)s2)cc1. The molecule has 1 saturated heterocycles. The number of anilines is 1. The van der Waals surface area contributed by atoms with Crippen molar-refractivity contribution in [3.8, 4) is 0 Å². The molecule has 1 aromatic carbocycles. The molecule has 2 aromatic rings. The van der Waals surface area contributed by atoms with Crippen molar-refractivity contribution < 1.29 is 13.2 Å². The summed E-state index contributed by atoms with van der Waals surface area (Å²) < 4.78 is 32.6. The molecule has 1 aliphatic rings. The van der Waals surface area contributed by atoms with Gasteiger partial charge in [-0.25, -0.2) is 13.4 Å². The number of ether oxygens (including phenoxy) is 1. The van der Waals surface area contributed by atoms with Gasteiger partial charge in [0, 0.05) is 30.7 Å². The van der Waals surface area contributed by atoms with Gasteiger partial charge in [-0.3, -0.25) is 9.62 Å². The van der Waals surface area contributed by atoms with Crippen LogP contribution in [0.15, 0.2) is 35.4 Å². The third kappa shape index (κ3) is 4.54. The molecule has 0 amide bonds. The van der Waals surface area contributed by atoms with Crippen LogP contribution >= 0.6 is 11.3 Å². The van der Waals surface area contributed by atoms with Crippen molar-refractivity contribution in [1.82, 2.24) is 9.88 Å². The monoisotopic (exact) mass is 367 g/mol. The first-order valence-electron chi connectivity index (χ1n) is 7.87. The maximum absolute atomic E-state index is 12.4. The zero-order valence-corrected chi connectivity index (χ0v) is 15.2. The van der Waals surface area contributed by atoms with Crippen LogP contribution in [0.3, 0.4) is 0 Å². The number of nitrogens with zero attached hydrogens (tertiary/aromatic N) is 2. The lowest BCUT2D eigenvalue weighted by Crippen LogP contribution is -2.37. The van der Waals surface area contributed by atoms with Crippen molar-refractivity contribution in [1.29, 1.82) is 0 Å². The molecule has 0 saturated carbocycles. The molecule has 1 aliphatic heterocycles. The molecule has 1 aromatic heterocycles. The second kappa shape index (κ2) is 7.60. The largest absolute Gasteiger partial charge is 0.379 e. The van der Waals surface area contributed by atoms with E-state index < -0.39 is 10.0 Å². The van der Waals surface area contributed by atoms with E-state index in [2.05, 4.69) is 14.6 Å². The minimum absolute atomic E-state index is 0.248. The maximum atomic E-state index is 12.4. The average molecular weight is 367 g/mol. The first kappa shape index (κ1) is 17.3. The van der Waals surface area contributed by atoms with E-state index in [9.17, 15) is 8.42 Å². The van der Waals surface area contributed by atoms with Gasteiger partial charge in [-0.1, -0.05) is 17.7 Å². The Hall–Kier alpha value is -1.48. The van der Waals surface area contributed by atoms with E-state index in [1.165, 1.54) is 11.3 Å². The number of rotatable bonds is 6. The molecule has 8 heteroatoms. The van der Waals surface area contributed by atoms with Gasteiger partial charge in [0.2, 0.25) is 0 Å². The van der Waals surface area contributed by atoms with Crippen LogP contribution in [-0.2, 0) is 21.2 Å². The van der Waals surface area contributed by atoms with Crippen molar-refractivity contribution in [2.24, 2.45) is 0 Å². The van der Waals surface area contributed by atoms with Crippen molar-refractivity contribution in [2.75, 3.05) is 37.6 Å². The lowest BCUT2D eigenvalue weighted by molar-refractivity contribution is 0.0385. The lowest BCUT2D eigenvalue weighted by Gasteiger charge is -2.26. The highest BCUT2D eigenvalue weighted by molar-refractivity contribution is 7.93. The van der Waals surface area contributed by atoms with Crippen molar-refractivity contribution in [3.05, 3.63) is 40.9 Å². The molecule has 6 nitrogen and oxygen atoms in total. The fraction of sp³-hybridized carbons (Fsp3) is 0.438. The van der Waals surface area contributed by atoms with Gasteiger partial charge in [-0.2, -0.15) is 0 Å². The van der Waals surface area contributed by atoms with Gasteiger partial charge in [0.05, 0.1) is 18.1 Å². The molecule has 0 radical (unpaired) electrons. The Morgan fingerprint density at radius 2 is 1.96 bits per heavy atom. The van der Waals surface area contributed by atoms with Crippen LogP contribution in [0.2, 0.25) is 0 Å². The van der Waals surface area contributed by atoms with E-state index in [1.54, 1.807) is 30.5 Å². The molecule has 0 atom stereocenters. The van der Waals surface area contributed by atoms with Gasteiger partial charge in [-0.15, -0.1) is 11.3 Å². The Bertz CT molecular complexity index is 766. The molecule has 0 spiro atoms. The summed E-state index contributed by atoms with van der Waals surface area (Å²) in [5.74, 6) is 0.